The molecule has 0 spiro atoms. The summed E-state index contributed by atoms with van der Waals surface area (Å²) >= 11 is 0. The number of carbonyl (C=O) groups excluding carboxylic acids is 1. The zero-order chi connectivity index (χ0) is 14.5. The SMILES string of the molecule is CC1CCCN(CCNC(=O)c2cc(C(C)C)[nH]n2)C1. The molecule has 0 aromatic carbocycles. The number of hydrogen-bond acceptors (Lipinski definition) is 3. The molecule has 2 rings (SSSR count). The van der Waals surface area contributed by atoms with Crippen molar-refractivity contribution in [3.8, 4) is 0 Å². The molecule has 0 radical (unpaired) electrons. The maximum Gasteiger partial charge on any atom is 0.271 e. The van der Waals surface area contributed by atoms with E-state index in [0.29, 0.717) is 18.2 Å². The summed E-state index contributed by atoms with van der Waals surface area (Å²) in [6, 6.07) is 1.84. The molecule has 0 bridgehead atoms. The van der Waals surface area contributed by atoms with Gasteiger partial charge in [0.25, 0.3) is 5.91 Å². The first-order chi connectivity index (χ1) is 9.56. The molecule has 1 fully saturated rings. The number of rotatable bonds is 5. The molecule has 1 aromatic rings. The van der Waals surface area contributed by atoms with Crippen LogP contribution in [0.15, 0.2) is 6.07 Å². The summed E-state index contributed by atoms with van der Waals surface area (Å²) in [4.78, 5) is 14.4. The molecule has 1 aliphatic rings. The van der Waals surface area contributed by atoms with Crippen LogP contribution < -0.4 is 5.32 Å². The minimum absolute atomic E-state index is 0.0850. The van der Waals surface area contributed by atoms with Gasteiger partial charge in [-0.3, -0.25) is 9.89 Å². The standard InChI is InChI=1S/C15H26N4O/c1-11(2)13-9-14(18-17-13)15(20)16-6-8-19-7-4-5-12(3)10-19/h9,11-12H,4-8,10H2,1-3H3,(H,16,20)(H,17,18). The minimum Gasteiger partial charge on any atom is -0.349 e. The van der Waals surface area contributed by atoms with Crippen molar-refractivity contribution in [2.45, 2.75) is 39.5 Å². The summed E-state index contributed by atoms with van der Waals surface area (Å²) in [6.45, 7) is 10.4. The molecule has 1 unspecified atom stereocenters. The van der Waals surface area contributed by atoms with Gasteiger partial charge in [0.05, 0.1) is 0 Å². The Balaban J connectivity index is 1.74. The molecule has 2 heterocycles. The molecular formula is C15H26N4O. The summed E-state index contributed by atoms with van der Waals surface area (Å²) in [5.41, 5.74) is 1.49. The number of amides is 1. The largest absolute Gasteiger partial charge is 0.349 e. The Kier molecular flexibility index (Phi) is 5.17. The smallest absolute Gasteiger partial charge is 0.271 e. The lowest BCUT2D eigenvalue weighted by Crippen LogP contribution is -2.40. The Morgan fingerprint density at radius 3 is 3.05 bits per heavy atom. The molecule has 5 nitrogen and oxygen atoms in total. The van der Waals surface area contributed by atoms with E-state index in [9.17, 15) is 4.79 Å². The molecule has 2 N–H and O–H groups in total. The average molecular weight is 278 g/mol. The molecule has 0 aliphatic carbocycles. The van der Waals surface area contributed by atoms with Crippen LogP contribution >= 0.6 is 0 Å². The molecule has 1 atom stereocenters. The zero-order valence-corrected chi connectivity index (χ0v) is 12.8. The lowest BCUT2D eigenvalue weighted by molar-refractivity contribution is 0.0939. The highest BCUT2D eigenvalue weighted by Crippen LogP contribution is 2.14. The lowest BCUT2D eigenvalue weighted by atomic mass is 10.0. The van der Waals surface area contributed by atoms with E-state index in [2.05, 4.69) is 41.2 Å². The van der Waals surface area contributed by atoms with Crippen molar-refractivity contribution in [1.29, 1.82) is 0 Å². The third-order valence-electron chi connectivity index (χ3n) is 3.91. The molecule has 1 aliphatic heterocycles. The molecule has 5 heteroatoms. The van der Waals surface area contributed by atoms with E-state index in [4.69, 9.17) is 0 Å². The van der Waals surface area contributed by atoms with E-state index in [-0.39, 0.29) is 5.91 Å². The number of H-pyrrole nitrogens is 1. The Bertz CT molecular complexity index is 441. The van der Waals surface area contributed by atoms with Crippen LogP contribution in [0.3, 0.4) is 0 Å². The monoisotopic (exact) mass is 278 g/mol. The van der Waals surface area contributed by atoms with Gasteiger partial charge in [-0.05, 0) is 37.3 Å². The molecule has 112 valence electrons. The van der Waals surface area contributed by atoms with E-state index in [1.807, 2.05) is 6.07 Å². The van der Waals surface area contributed by atoms with Crippen LogP contribution in [0, 0.1) is 5.92 Å². The Morgan fingerprint density at radius 1 is 1.60 bits per heavy atom. The van der Waals surface area contributed by atoms with Crippen molar-refractivity contribution in [3.05, 3.63) is 17.5 Å². The maximum absolute atomic E-state index is 12.0. The van der Waals surface area contributed by atoms with Crippen LogP contribution in [-0.4, -0.2) is 47.2 Å². The zero-order valence-electron chi connectivity index (χ0n) is 12.8. The predicted molar refractivity (Wildman–Crippen MR) is 79.8 cm³/mol. The minimum atomic E-state index is -0.0850. The van der Waals surface area contributed by atoms with Gasteiger partial charge in [0.15, 0.2) is 0 Å². The fourth-order valence-electron chi connectivity index (χ4n) is 2.66. The fraction of sp³-hybridized carbons (Fsp3) is 0.733. The summed E-state index contributed by atoms with van der Waals surface area (Å²) in [5, 5.41) is 9.92. The van der Waals surface area contributed by atoms with Gasteiger partial charge >= 0.3 is 0 Å². The van der Waals surface area contributed by atoms with Crippen molar-refractivity contribution in [3.63, 3.8) is 0 Å². The first-order valence-electron chi connectivity index (χ1n) is 7.62. The molecule has 20 heavy (non-hydrogen) atoms. The van der Waals surface area contributed by atoms with Crippen LogP contribution in [-0.2, 0) is 0 Å². The van der Waals surface area contributed by atoms with Gasteiger partial charge in [-0.25, -0.2) is 0 Å². The van der Waals surface area contributed by atoms with Gasteiger partial charge in [-0.15, -0.1) is 0 Å². The number of carbonyl (C=O) groups is 1. The quantitative estimate of drug-likeness (QED) is 0.866. The van der Waals surface area contributed by atoms with Crippen LogP contribution in [0.25, 0.3) is 0 Å². The van der Waals surface area contributed by atoms with Crippen LogP contribution in [0.2, 0.25) is 0 Å². The molecule has 0 saturated carbocycles. The highest BCUT2D eigenvalue weighted by molar-refractivity contribution is 5.92. The Labute approximate surface area is 121 Å². The number of aromatic nitrogens is 2. The van der Waals surface area contributed by atoms with Crippen molar-refractivity contribution in [2.75, 3.05) is 26.2 Å². The van der Waals surface area contributed by atoms with Crippen molar-refractivity contribution >= 4 is 5.91 Å². The Morgan fingerprint density at radius 2 is 2.40 bits per heavy atom. The van der Waals surface area contributed by atoms with Gasteiger partial charge < -0.3 is 10.2 Å². The van der Waals surface area contributed by atoms with E-state index >= 15 is 0 Å². The van der Waals surface area contributed by atoms with Crippen LogP contribution in [0.1, 0.15) is 55.7 Å². The second kappa shape index (κ2) is 6.88. The number of hydrogen-bond donors (Lipinski definition) is 2. The van der Waals surface area contributed by atoms with Crippen LogP contribution in [0.4, 0.5) is 0 Å². The number of aromatic amines is 1. The molecular weight excluding hydrogens is 252 g/mol. The predicted octanol–water partition coefficient (Wildman–Crippen LogP) is 1.99. The summed E-state index contributed by atoms with van der Waals surface area (Å²) < 4.78 is 0. The van der Waals surface area contributed by atoms with Crippen molar-refractivity contribution in [1.82, 2.24) is 20.4 Å². The number of nitrogens with zero attached hydrogens (tertiary/aromatic N) is 2. The summed E-state index contributed by atoms with van der Waals surface area (Å²) in [7, 11) is 0. The number of nitrogens with one attached hydrogen (secondary N) is 2. The van der Waals surface area contributed by atoms with E-state index < -0.39 is 0 Å². The van der Waals surface area contributed by atoms with Crippen molar-refractivity contribution in [2.24, 2.45) is 5.92 Å². The average Bonchev–Trinajstić information content (AvgIpc) is 2.88. The van der Waals surface area contributed by atoms with Crippen molar-refractivity contribution < 1.29 is 4.79 Å². The number of likely N-dealkylation sites (tertiary alicyclic amines) is 1. The second-order valence-corrected chi connectivity index (χ2v) is 6.17. The van der Waals surface area contributed by atoms with Gasteiger partial charge in [0.1, 0.15) is 5.69 Å². The topological polar surface area (TPSA) is 61.0 Å². The van der Waals surface area contributed by atoms with Crippen LogP contribution in [0.5, 0.6) is 0 Å². The fourth-order valence-corrected chi connectivity index (χ4v) is 2.66. The van der Waals surface area contributed by atoms with Gasteiger partial charge in [0.2, 0.25) is 0 Å². The first-order valence-corrected chi connectivity index (χ1v) is 7.62. The third kappa shape index (κ3) is 4.07. The number of piperidine rings is 1. The first kappa shape index (κ1) is 15.0. The second-order valence-electron chi connectivity index (χ2n) is 6.17. The lowest BCUT2D eigenvalue weighted by Gasteiger charge is -2.30. The molecule has 1 saturated heterocycles. The summed E-state index contributed by atoms with van der Waals surface area (Å²) in [5.74, 6) is 1.05. The van der Waals surface area contributed by atoms with E-state index in [1.54, 1.807) is 0 Å². The van der Waals surface area contributed by atoms with Gasteiger partial charge in [-0.1, -0.05) is 20.8 Å². The maximum atomic E-state index is 12.0. The third-order valence-corrected chi connectivity index (χ3v) is 3.91. The van der Waals surface area contributed by atoms with E-state index in [1.165, 1.54) is 12.8 Å². The normalized spacial score (nSPS) is 20.3. The van der Waals surface area contributed by atoms with E-state index in [0.717, 1.165) is 31.2 Å². The molecule has 1 amide bonds. The highest BCUT2D eigenvalue weighted by atomic mass is 16.1. The van der Waals surface area contributed by atoms with Gasteiger partial charge in [0, 0.05) is 25.3 Å². The van der Waals surface area contributed by atoms with Gasteiger partial charge in [-0.2, -0.15) is 5.10 Å². The Hall–Kier alpha value is -1.36. The molecule has 1 aromatic heterocycles. The summed E-state index contributed by atoms with van der Waals surface area (Å²) in [6.07, 6.45) is 2.60. The highest BCUT2D eigenvalue weighted by Gasteiger charge is 2.16.